The Kier molecular flexibility index (Phi) is 34.7. The van der Waals surface area contributed by atoms with Gasteiger partial charge in [0.15, 0.2) is 0 Å². The molecule has 0 aromatic carbocycles. The number of ether oxygens (including phenoxy) is 8. The van der Waals surface area contributed by atoms with E-state index in [1.54, 1.807) is 33.1 Å². The summed E-state index contributed by atoms with van der Waals surface area (Å²) in [6.07, 6.45) is 29.7. The summed E-state index contributed by atoms with van der Waals surface area (Å²) in [6.45, 7) is 1.80. The highest BCUT2D eigenvalue weighted by Gasteiger charge is 2.34. The maximum absolute atomic E-state index is 5.70. The molecule has 0 spiro atoms. The Balaban J connectivity index is 0.000000676. The number of hydrogen-bond donors (Lipinski definition) is 0. The Morgan fingerprint density at radius 2 is 0.792 bits per heavy atom. The van der Waals surface area contributed by atoms with Gasteiger partial charge in [0, 0.05) is 59.2 Å². The van der Waals surface area contributed by atoms with E-state index in [0.717, 1.165) is 49.9 Å². The predicted molar refractivity (Wildman–Crippen MR) is 235 cm³/mol. The van der Waals surface area contributed by atoms with Gasteiger partial charge in [-0.05, 0) is 63.9 Å². The third-order valence-electron chi connectivity index (χ3n) is 11.1. The highest BCUT2D eigenvalue weighted by atomic mass is 32.2. The largest absolute Gasteiger partial charge is 0.377 e. The van der Waals surface area contributed by atoms with E-state index < -0.39 is 0 Å². The summed E-state index contributed by atoms with van der Waals surface area (Å²) in [4.78, 5) is 0. The monoisotopic (exact) mass is 833 g/mol. The molecular weight excluding hydrogens is 749 g/mol. The van der Waals surface area contributed by atoms with Crippen LogP contribution in [0.1, 0.15) is 136 Å². The van der Waals surface area contributed by atoms with Crippen LogP contribution in [0.3, 0.4) is 0 Å². The minimum absolute atomic E-state index is 0. The molecule has 4 aliphatic rings. The quantitative estimate of drug-likeness (QED) is 0.0866. The van der Waals surface area contributed by atoms with E-state index in [1.807, 2.05) is 56.6 Å². The molecule has 0 aromatic rings. The SMILES string of the molecule is C.COC1(COCSC)CCCCC1.COC1(CSCSC)CCCCC1.COCOCC1(OC)CCCCC1.COCSCC1(OC)CCCCC1. The third kappa shape index (κ3) is 23.3. The Labute approximate surface area is 345 Å². The summed E-state index contributed by atoms with van der Waals surface area (Å²) in [7, 11) is 10.7. The van der Waals surface area contributed by atoms with Gasteiger partial charge in [-0.2, -0.15) is 11.8 Å². The van der Waals surface area contributed by atoms with Crippen LogP contribution in [0.2, 0.25) is 0 Å². The van der Waals surface area contributed by atoms with Gasteiger partial charge in [0.05, 0.1) is 47.5 Å². The molecule has 0 radical (unpaired) electrons. The van der Waals surface area contributed by atoms with Gasteiger partial charge in [0.1, 0.15) is 6.79 Å². The maximum Gasteiger partial charge on any atom is 0.146 e. The minimum atomic E-state index is -0.0310. The first-order valence-corrected chi connectivity index (χ1v) is 24.9. The maximum atomic E-state index is 5.70. The third-order valence-corrected chi connectivity index (χ3v) is 14.9. The molecule has 320 valence electrons. The predicted octanol–water partition coefficient (Wildman–Crippen LogP) is 11.3. The van der Waals surface area contributed by atoms with Crippen LogP contribution < -0.4 is 0 Å². The molecule has 4 rings (SSSR count). The Bertz CT molecular complexity index is 660. The normalized spacial score (nSPS) is 21.3. The van der Waals surface area contributed by atoms with Gasteiger partial charge >= 0.3 is 0 Å². The van der Waals surface area contributed by atoms with Crippen molar-refractivity contribution in [3.63, 3.8) is 0 Å². The minimum Gasteiger partial charge on any atom is -0.377 e. The molecule has 12 heteroatoms. The molecule has 0 N–H and O–H groups in total. The van der Waals surface area contributed by atoms with Crippen LogP contribution in [-0.4, -0.2) is 126 Å². The summed E-state index contributed by atoms with van der Waals surface area (Å²) < 4.78 is 43.3. The zero-order valence-electron chi connectivity index (χ0n) is 34.7. The lowest BCUT2D eigenvalue weighted by Gasteiger charge is -2.35. The zero-order chi connectivity index (χ0) is 38.3. The van der Waals surface area contributed by atoms with Gasteiger partial charge in [-0.3, -0.25) is 0 Å². The second kappa shape index (κ2) is 34.0. The number of methoxy groups -OCH3 is 6. The van der Waals surface area contributed by atoms with Gasteiger partial charge in [-0.1, -0.05) is 84.5 Å². The average molecular weight is 833 g/mol. The van der Waals surface area contributed by atoms with Crippen LogP contribution in [0.5, 0.6) is 0 Å². The molecule has 4 fully saturated rings. The number of rotatable bonds is 20. The van der Waals surface area contributed by atoms with Crippen LogP contribution in [0.15, 0.2) is 0 Å². The highest BCUT2D eigenvalue weighted by molar-refractivity contribution is 8.15. The van der Waals surface area contributed by atoms with E-state index in [2.05, 4.69) is 12.5 Å². The molecular formula is C41H84O8S4. The molecule has 0 saturated heterocycles. The fourth-order valence-electron chi connectivity index (χ4n) is 7.66. The summed E-state index contributed by atoms with van der Waals surface area (Å²) in [5.74, 6) is 3.83. The van der Waals surface area contributed by atoms with Gasteiger partial charge in [0.2, 0.25) is 0 Å². The van der Waals surface area contributed by atoms with E-state index in [1.165, 1.54) is 114 Å². The fourth-order valence-corrected chi connectivity index (χ4v) is 10.7. The highest BCUT2D eigenvalue weighted by Crippen LogP contribution is 2.36. The zero-order valence-corrected chi connectivity index (χ0v) is 38.0. The molecule has 4 saturated carbocycles. The van der Waals surface area contributed by atoms with Gasteiger partial charge in [0.25, 0.3) is 0 Å². The van der Waals surface area contributed by atoms with Crippen LogP contribution >= 0.6 is 47.0 Å². The van der Waals surface area contributed by atoms with Gasteiger partial charge in [-0.25, -0.2) is 0 Å². The molecule has 0 amide bonds. The van der Waals surface area contributed by atoms with Gasteiger partial charge in [-0.15, -0.1) is 35.3 Å². The first-order valence-electron chi connectivity index (χ1n) is 19.8. The van der Waals surface area contributed by atoms with E-state index >= 15 is 0 Å². The lowest BCUT2D eigenvalue weighted by Crippen LogP contribution is -2.39. The Hall–Kier alpha value is 1.08. The lowest BCUT2D eigenvalue weighted by atomic mass is 9.85. The van der Waals surface area contributed by atoms with E-state index in [9.17, 15) is 0 Å². The second-order valence-electron chi connectivity index (χ2n) is 14.8. The van der Waals surface area contributed by atoms with Crippen LogP contribution in [0.4, 0.5) is 0 Å². The van der Waals surface area contributed by atoms with Crippen molar-refractivity contribution in [1.29, 1.82) is 0 Å². The van der Waals surface area contributed by atoms with E-state index in [-0.39, 0.29) is 29.8 Å². The summed E-state index contributed by atoms with van der Waals surface area (Å²) in [6, 6.07) is 0. The molecule has 0 atom stereocenters. The first kappa shape index (κ1) is 54.1. The summed E-state index contributed by atoms with van der Waals surface area (Å²) in [5.41, 5.74) is 0.380. The summed E-state index contributed by atoms with van der Waals surface area (Å²) in [5, 5.41) is 1.20. The fraction of sp³-hybridized carbons (Fsp3) is 1.00. The first-order chi connectivity index (χ1) is 25.3. The van der Waals surface area contributed by atoms with E-state index in [0.29, 0.717) is 13.4 Å². The average Bonchev–Trinajstić information content (AvgIpc) is 3.20. The van der Waals surface area contributed by atoms with Crippen molar-refractivity contribution in [3.8, 4) is 0 Å². The molecule has 0 aliphatic heterocycles. The number of thioether (sulfide) groups is 4. The van der Waals surface area contributed by atoms with Crippen LogP contribution in [0, 0.1) is 0 Å². The topological polar surface area (TPSA) is 73.8 Å². The van der Waals surface area contributed by atoms with Crippen molar-refractivity contribution < 1.29 is 37.9 Å². The van der Waals surface area contributed by atoms with E-state index in [4.69, 9.17) is 37.9 Å². The van der Waals surface area contributed by atoms with Crippen molar-refractivity contribution in [2.75, 3.05) is 104 Å². The van der Waals surface area contributed by atoms with Crippen molar-refractivity contribution in [3.05, 3.63) is 0 Å². The van der Waals surface area contributed by atoms with Crippen LogP contribution in [0.25, 0.3) is 0 Å². The molecule has 4 aliphatic carbocycles. The Morgan fingerprint density at radius 3 is 1.13 bits per heavy atom. The van der Waals surface area contributed by atoms with Crippen molar-refractivity contribution >= 4 is 47.0 Å². The number of hydrogen-bond acceptors (Lipinski definition) is 12. The van der Waals surface area contributed by atoms with Gasteiger partial charge < -0.3 is 37.9 Å². The molecule has 0 aromatic heterocycles. The lowest BCUT2D eigenvalue weighted by molar-refractivity contribution is -0.130. The van der Waals surface area contributed by atoms with Crippen molar-refractivity contribution in [1.82, 2.24) is 0 Å². The molecule has 0 heterocycles. The van der Waals surface area contributed by atoms with Crippen molar-refractivity contribution in [2.24, 2.45) is 0 Å². The second-order valence-corrected chi connectivity index (χ2v) is 18.8. The Morgan fingerprint density at radius 1 is 0.415 bits per heavy atom. The summed E-state index contributed by atoms with van der Waals surface area (Å²) >= 11 is 7.49. The smallest absolute Gasteiger partial charge is 0.146 e. The molecule has 0 unspecified atom stereocenters. The molecule has 0 bridgehead atoms. The van der Waals surface area contributed by atoms with Crippen LogP contribution in [-0.2, 0) is 37.9 Å². The standard InChI is InChI=1S/C10H20O3.2C10H20O2S.C10H20OS2.CH4/c1-11-9-13-8-10(12-2)6-4-3-5-7-10;1-11-10(8-12-9-13-2)6-4-3-5-7-10;1-11-9-13-8-10(12-2)6-4-3-5-7-10;1-11-10(8-13-9-12-2)6-4-3-5-7-10;/h4*3-9H2,1-2H3;1H4. The van der Waals surface area contributed by atoms with Crippen molar-refractivity contribution in [2.45, 2.75) is 158 Å². The molecule has 8 nitrogen and oxygen atoms in total. The molecule has 53 heavy (non-hydrogen) atoms.